The standard InChI is InChI=1S/C24H33N3O3/c1-28-17-13-24(11-5-12-24)18-26-23(25-14-9-19-6-4-15-29-19)27-21-10-16-30-22-8-3-2-7-20(21)22/h2-4,6-8,15,21H,5,9-14,16-18H2,1H3,(H2,25,26,27). The number of aliphatic imine (C=N–C) groups is 1. The molecule has 2 heterocycles. The van der Waals surface area contributed by atoms with Gasteiger partial charge in [-0.1, -0.05) is 24.6 Å². The third-order valence-electron chi connectivity index (χ3n) is 6.34. The lowest BCUT2D eigenvalue weighted by Gasteiger charge is -2.41. The molecule has 1 aromatic heterocycles. The number of hydrogen-bond donors (Lipinski definition) is 2. The predicted molar refractivity (Wildman–Crippen MR) is 118 cm³/mol. The molecule has 1 fully saturated rings. The highest BCUT2D eigenvalue weighted by molar-refractivity contribution is 5.80. The molecule has 0 spiro atoms. The van der Waals surface area contributed by atoms with Gasteiger partial charge in [0.2, 0.25) is 0 Å². The molecule has 1 unspecified atom stereocenters. The van der Waals surface area contributed by atoms with Crippen molar-refractivity contribution in [3.8, 4) is 5.75 Å². The van der Waals surface area contributed by atoms with Crippen molar-refractivity contribution < 1.29 is 13.9 Å². The number of ether oxygens (including phenoxy) is 2. The first-order valence-corrected chi connectivity index (χ1v) is 11.1. The van der Waals surface area contributed by atoms with Crippen LogP contribution in [0.4, 0.5) is 0 Å². The van der Waals surface area contributed by atoms with E-state index in [-0.39, 0.29) is 6.04 Å². The van der Waals surface area contributed by atoms with Gasteiger partial charge in [-0.15, -0.1) is 0 Å². The Labute approximate surface area is 179 Å². The molecule has 0 bridgehead atoms. The van der Waals surface area contributed by atoms with Crippen molar-refractivity contribution in [2.75, 3.05) is 33.4 Å². The summed E-state index contributed by atoms with van der Waals surface area (Å²) >= 11 is 0. The number of para-hydroxylation sites is 1. The fourth-order valence-electron chi connectivity index (χ4n) is 4.30. The van der Waals surface area contributed by atoms with Gasteiger partial charge in [-0.05, 0) is 42.9 Å². The van der Waals surface area contributed by atoms with Crippen LogP contribution in [0.25, 0.3) is 0 Å². The molecule has 1 aliphatic heterocycles. The van der Waals surface area contributed by atoms with Crippen molar-refractivity contribution in [2.45, 2.75) is 44.6 Å². The fraction of sp³-hybridized carbons (Fsp3) is 0.542. The number of nitrogens with one attached hydrogen (secondary N) is 2. The van der Waals surface area contributed by atoms with Crippen molar-refractivity contribution in [2.24, 2.45) is 10.4 Å². The molecule has 1 aromatic carbocycles. The SMILES string of the molecule is COCCC1(CN=C(NCCc2ccco2)NC2CCOc3ccccc32)CCC1. The zero-order valence-corrected chi connectivity index (χ0v) is 17.9. The summed E-state index contributed by atoms with van der Waals surface area (Å²) in [6.07, 6.45) is 8.31. The van der Waals surface area contributed by atoms with Gasteiger partial charge in [0, 0.05) is 45.2 Å². The van der Waals surface area contributed by atoms with Crippen molar-refractivity contribution >= 4 is 5.96 Å². The Bertz CT molecular complexity index is 815. The Hall–Kier alpha value is -2.47. The lowest BCUT2D eigenvalue weighted by molar-refractivity contribution is 0.0778. The van der Waals surface area contributed by atoms with E-state index in [1.54, 1.807) is 13.4 Å². The maximum absolute atomic E-state index is 5.82. The molecular formula is C24H33N3O3. The summed E-state index contributed by atoms with van der Waals surface area (Å²) in [6, 6.07) is 12.4. The van der Waals surface area contributed by atoms with Gasteiger partial charge in [-0.3, -0.25) is 4.99 Å². The van der Waals surface area contributed by atoms with E-state index in [4.69, 9.17) is 18.9 Å². The molecule has 1 atom stereocenters. The molecule has 0 saturated heterocycles. The highest BCUT2D eigenvalue weighted by Gasteiger charge is 2.36. The molecular weight excluding hydrogens is 378 g/mol. The molecule has 2 N–H and O–H groups in total. The van der Waals surface area contributed by atoms with E-state index in [0.29, 0.717) is 12.0 Å². The molecule has 30 heavy (non-hydrogen) atoms. The van der Waals surface area contributed by atoms with Crippen molar-refractivity contribution in [3.05, 3.63) is 54.0 Å². The van der Waals surface area contributed by atoms with Crippen LogP contribution in [0, 0.1) is 5.41 Å². The second-order valence-corrected chi connectivity index (χ2v) is 8.39. The number of nitrogens with zero attached hydrogens (tertiary/aromatic N) is 1. The van der Waals surface area contributed by atoms with Gasteiger partial charge in [0.25, 0.3) is 0 Å². The van der Waals surface area contributed by atoms with Crippen LogP contribution in [0.1, 0.15) is 49.5 Å². The van der Waals surface area contributed by atoms with Gasteiger partial charge in [-0.25, -0.2) is 0 Å². The first-order valence-electron chi connectivity index (χ1n) is 11.1. The number of hydrogen-bond acceptors (Lipinski definition) is 4. The Morgan fingerprint density at radius 2 is 2.13 bits per heavy atom. The van der Waals surface area contributed by atoms with Gasteiger partial charge < -0.3 is 24.5 Å². The number of fused-ring (bicyclic) bond motifs is 1. The first kappa shape index (κ1) is 20.8. The number of guanidine groups is 1. The van der Waals surface area contributed by atoms with Crippen molar-refractivity contribution in [1.29, 1.82) is 0 Å². The minimum absolute atomic E-state index is 0.195. The minimum Gasteiger partial charge on any atom is -0.493 e. The summed E-state index contributed by atoms with van der Waals surface area (Å²) in [7, 11) is 1.78. The van der Waals surface area contributed by atoms with E-state index in [9.17, 15) is 0 Å². The number of rotatable bonds is 9. The normalized spacial score (nSPS) is 20.0. The van der Waals surface area contributed by atoms with Crippen LogP contribution >= 0.6 is 0 Å². The van der Waals surface area contributed by atoms with Crippen LogP contribution < -0.4 is 15.4 Å². The summed E-state index contributed by atoms with van der Waals surface area (Å²) in [5, 5.41) is 7.19. The maximum atomic E-state index is 5.82. The van der Waals surface area contributed by atoms with Crippen LogP contribution in [-0.4, -0.2) is 39.4 Å². The lowest BCUT2D eigenvalue weighted by Crippen LogP contribution is -2.43. The molecule has 6 heteroatoms. The molecule has 2 aliphatic rings. The fourth-order valence-corrected chi connectivity index (χ4v) is 4.30. The maximum Gasteiger partial charge on any atom is 0.191 e. The van der Waals surface area contributed by atoms with E-state index in [0.717, 1.165) is 56.4 Å². The molecule has 6 nitrogen and oxygen atoms in total. The summed E-state index contributed by atoms with van der Waals surface area (Å²) in [5.74, 6) is 2.81. The second kappa shape index (κ2) is 10.0. The number of furan rings is 1. The Morgan fingerprint density at radius 1 is 1.23 bits per heavy atom. The number of methoxy groups -OCH3 is 1. The Balaban J connectivity index is 1.44. The van der Waals surface area contributed by atoms with Gasteiger partial charge >= 0.3 is 0 Å². The zero-order chi connectivity index (χ0) is 20.7. The van der Waals surface area contributed by atoms with Gasteiger partial charge in [0.1, 0.15) is 11.5 Å². The summed E-state index contributed by atoms with van der Waals surface area (Å²) in [5.41, 5.74) is 1.49. The van der Waals surface area contributed by atoms with Crippen LogP contribution in [0.15, 0.2) is 52.1 Å². The molecule has 0 radical (unpaired) electrons. The quantitative estimate of drug-likeness (QED) is 0.481. The predicted octanol–water partition coefficient (Wildman–Crippen LogP) is 4.09. The molecule has 4 rings (SSSR count). The van der Waals surface area contributed by atoms with E-state index in [1.165, 1.54) is 24.8 Å². The Kier molecular flexibility index (Phi) is 6.95. The average molecular weight is 412 g/mol. The van der Waals surface area contributed by atoms with E-state index in [2.05, 4.69) is 22.8 Å². The van der Waals surface area contributed by atoms with Crippen LogP contribution in [-0.2, 0) is 11.2 Å². The van der Waals surface area contributed by atoms with Crippen LogP contribution in [0.2, 0.25) is 0 Å². The van der Waals surface area contributed by atoms with Crippen molar-refractivity contribution in [1.82, 2.24) is 10.6 Å². The second-order valence-electron chi connectivity index (χ2n) is 8.39. The molecule has 1 saturated carbocycles. The van der Waals surface area contributed by atoms with E-state index < -0.39 is 0 Å². The monoisotopic (exact) mass is 411 g/mol. The Morgan fingerprint density at radius 3 is 2.90 bits per heavy atom. The average Bonchev–Trinajstić information content (AvgIpc) is 3.26. The van der Waals surface area contributed by atoms with Crippen LogP contribution in [0.5, 0.6) is 5.75 Å². The molecule has 0 amide bonds. The van der Waals surface area contributed by atoms with E-state index in [1.807, 2.05) is 24.3 Å². The smallest absolute Gasteiger partial charge is 0.191 e. The third kappa shape index (κ3) is 5.17. The summed E-state index contributed by atoms with van der Waals surface area (Å²) in [6.45, 7) is 3.12. The van der Waals surface area contributed by atoms with Gasteiger partial charge in [0.05, 0.1) is 18.9 Å². The lowest BCUT2D eigenvalue weighted by atomic mass is 9.67. The summed E-state index contributed by atoms with van der Waals surface area (Å²) in [4.78, 5) is 5.02. The minimum atomic E-state index is 0.195. The van der Waals surface area contributed by atoms with Gasteiger partial charge in [0.15, 0.2) is 5.96 Å². The number of benzene rings is 1. The van der Waals surface area contributed by atoms with Gasteiger partial charge in [-0.2, -0.15) is 0 Å². The molecule has 162 valence electrons. The largest absolute Gasteiger partial charge is 0.493 e. The highest BCUT2D eigenvalue weighted by atomic mass is 16.5. The molecule has 1 aliphatic carbocycles. The third-order valence-corrected chi connectivity index (χ3v) is 6.34. The topological polar surface area (TPSA) is 68.0 Å². The molecule has 2 aromatic rings. The zero-order valence-electron chi connectivity index (χ0n) is 17.9. The van der Waals surface area contributed by atoms with Crippen molar-refractivity contribution in [3.63, 3.8) is 0 Å². The highest BCUT2D eigenvalue weighted by Crippen LogP contribution is 2.44. The van der Waals surface area contributed by atoms with Crippen LogP contribution in [0.3, 0.4) is 0 Å². The first-order chi connectivity index (χ1) is 14.8. The van der Waals surface area contributed by atoms with E-state index >= 15 is 0 Å². The summed E-state index contributed by atoms with van der Waals surface area (Å²) < 4.78 is 16.6.